The minimum Gasteiger partial charge on any atom is -0.486 e. The largest absolute Gasteiger partial charge is 0.486 e. The molecule has 6 nitrogen and oxygen atoms in total. The Morgan fingerprint density at radius 1 is 1.08 bits per heavy atom. The molecule has 0 saturated carbocycles. The maximum absolute atomic E-state index is 12.8. The fourth-order valence-electron chi connectivity index (χ4n) is 3.55. The first-order valence-corrected chi connectivity index (χ1v) is 9.44. The zero-order valence-electron chi connectivity index (χ0n) is 15.8. The molecule has 1 aromatic rings. The van der Waals surface area contributed by atoms with Crippen LogP contribution < -0.4 is 14.8 Å². The van der Waals surface area contributed by atoms with Crippen LogP contribution in [0.1, 0.15) is 44.0 Å². The highest BCUT2D eigenvalue weighted by molar-refractivity contribution is 5.98. The summed E-state index contributed by atoms with van der Waals surface area (Å²) >= 11 is 0. The van der Waals surface area contributed by atoms with Gasteiger partial charge in [-0.15, -0.1) is 0 Å². The van der Waals surface area contributed by atoms with Gasteiger partial charge < -0.3 is 14.8 Å². The Labute approximate surface area is 154 Å². The van der Waals surface area contributed by atoms with Crippen LogP contribution in [0.2, 0.25) is 0 Å². The molecule has 1 N–H and O–H groups in total. The van der Waals surface area contributed by atoms with E-state index in [0.717, 1.165) is 25.9 Å². The summed E-state index contributed by atoms with van der Waals surface area (Å²) in [6, 6.07) is 5.40. The van der Waals surface area contributed by atoms with Crippen LogP contribution in [0.15, 0.2) is 18.2 Å². The molecule has 1 fully saturated rings. The van der Waals surface area contributed by atoms with Crippen molar-refractivity contribution in [3.8, 4) is 11.5 Å². The Bertz CT molecular complexity index is 666. The van der Waals surface area contributed by atoms with Gasteiger partial charge in [-0.1, -0.05) is 0 Å². The van der Waals surface area contributed by atoms with Crippen LogP contribution in [0.25, 0.3) is 0 Å². The van der Waals surface area contributed by atoms with Gasteiger partial charge in [0.25, 0.3) is 0 Å². The van der Waals surface area contributed by atoms with E-state index in [1.54, 1.807) is 6.07 Å². The number of hydrogen-bond donors (Lipinski definition) is 1. The van der Waals surface area contributed by atoms with Crippen LogP contribution in [0, 0.1) is 5.92 Å². The maximum atomic E-state index is 12.8. The van der Waals surface area contributed by atoms with Gasteiger partial charge in [0.2, 0.25) is 5.91 Å². The molecule has 1 amide bonds. The van der Waals surface area contributed by atoms with E-state index in [9.17, 15) is 9.59 Å². The molecule has 2 aliphatic heterocycles. The van der Waals surface area contributed by atoms with Crippen molar-refractivity contribution in [3.63, 3.8) is 0 Å². The lowest BCUT2D eigenvalue weighted by Gasteiger charge is -2.35. The van der Waals surface area contributed by atoms with Crippen LogP contribution in [0.5, 0.6) is 11.5 Å². The van der Waals surface area contributed by atoms with Gasteiger partial charge in [0.1, 0.15) is 13.2 Å². The standard InChI is InChI=1S/C20H28N2O4/c1-13(2)21-20(24)14(3)22-8-6-15(7-9-22)19(23)16-4-5-17-18(12-16)26-11-10-25-17/h4-5,12-15H,6-11H2,1-3H3,(H,21,24). The van der Waals surface area contributed by atoms with Crippen LogP contribution in [0.3, 0.4) is 0 Å². The number of nitrogens with zero attached hydrogens (tertiary/aromatic N) is 1. The molecule has 26 heavy (non-hydrogen) atoms. The van der Waals surface area contributed by atoms with Crippen molar-refractivity contribution in [1.29, 1.82) is 0 Å². The Hall–Kier alpha value is -2.08. The minimum atomic E-state index is -0.164. The molecule has 0 aliphatic carbocycles. The van der Waals surface area contributed by atoms with Gasteiger partial charge >= 0.3 is 0 Å². The number of likely N-dealkylation sites (tertiary alicyclic amines) is 1. The molecule has 0 aromatic heterocycles. The number of benzene rings is 1. The highest BCUT2D eigenvalue weighted by Gasteiger charge is 2.30. The predicted octanol–water partition coefficient (Wildman–Crippen LogP) is 2.27. The second-order valence-corrected chi connectivity index (χ2v) is 7.37. The zero-order chi connectivity index (χ0) is 18.7. The minimum absolute atomic E-state index is 0.00540. The quantitative estimate of drug-likeness (QED) is 0.816. The monoisotopic (exact) mass is 360 g/mol. The summed E-state index contributed by atoms with van der Waals surface area (Å²) in [6.45, 7) is 8.42. The molecule has 1 saturated heterocycles. The summed E-state index contributed by atoms with van der Waals surface area (Å²) in [4.78, 5) is 27.2. The highest BCUT2D eigenvalue weighted by Crippen LogP contribution is 2.32. The van der Waals surface area contributed by atoms with E-state index in [-0.39, 0.29) is 29.7 Å². The summed E-state index contributed by atoms with van der Waals surface area (Å²) in [7, 11) is 0. The van der Waals surface area contributed by atoms with E-state index >= 15 is 0 Å². The molecule has 142 valence electrons. The third kappa shape index (κ3) is 4.18. The van der Waals surface area contributed by atoms with Crippen LogP contribution in [0.4, 0.5) is 0 Å². The number of carbonyl (C=O) groups is 2. The molecule has 1 unspecified atom stereocenters. The highest BCUT2D eigenvalue weighted by atomic mass is 16.6. The van der Waals surface area contributed by atoms with Crippen molar-refractivity contribution >= 4 is 11.7 Å². The van der Waals surface area contributed by atoms with Crippen molar-refractivity contribution in [3.05, 3.63) is 23.8 Å². The summed E-state index contributed by atoms with van der Waals surface area (Å²) < 4.78 is 11.1. The van der Waals surface area contributed by atoms with Gasteiger partial charge in [-0.05, 0) is 64.9 Å². The van der Waals surface area contributed by atoms with E-state index in [1.807, 2.05) is 32.9 Å². The Kier molecular flexibility index (Phi) is 5.81. The van der Waals surface area contributed by atoms with Gasteiger partial charge in [-0.25, -0.2) is 0 Å². The third-order valence-electron chi connectivity index (χ3n) is 5.09. The number of Topliss-reactive ketones (excluding diaryl/α,β-unsaturated/α-hetero) is 1. The third-order valence-corrected chi connectivity index (χ3v) is 5.09. The average Bonchev–Trinajstić information content (AvgIpc) is 2.66. The molecular weight excluding hydrogens is 332 g/mol. The molecule has 1 atom stereocenters. The van der Waals surface area contributed by atoms with Crippen molar-refractivity contribution < 1.29 is 19.1 Å². The van der Waals surface area contributed by atoms with Gasteiger partial charge in [0.05, 0.1) is 6.04 Å². The second kappa shape index (κ2) is 8.08. The molecule has 3 rings (SSSR count). The first-order chi connectivity index (χ1) is 12.5. The lowest BCUT2D eigenvalue weighted by molar-refractivity contribution is -0.126. The number of fused-ring (bicyclic) bond motifs is 1. The van der Waals surface area contributed by atoms with E-state index in [1.165, 1.54) is 0 Å². The fraction of sp³-hybridized carbons (Fsp3) is 0.600. The summed E-state index contributed by atoms with van der Waals surface area (Å²) in [6.07, 6.45) is 1.54. The van der Waals surface area contributed by atoms with E-state index in [4.69, 9.17) is 9.47 Å². The number of rotatable bonds is 5. The first kappa shape index (κ1) is 18.7. The summed E-state index contributed by atoms with van der Waals surface area (Å²) in [5.74, 6) is 1.55. The van der Waals surface area contributed by atoms with Crippen molar-refractivity contribution in [2.24, 2.45) is 5.92 Å². The lowest BCUT2D eigenvalue weighted by atomic mass is 9.88. The zero-order valence-corrected chi connectivity index (χ0v) is 15.8. The van der Waals surface area contributed by atoms with E-state index < -0.39 is 0 Å². The predicted molar refractivity (Wildman–Crippen MR) is 98.8 cm³/mol. The molecular formula is C20H28N2O4. The normalized spacial score (nSPS) is 19.2. The van der Waals surface area contributed by atoms with Gasteiger partial charge in [-0.3, -0.25) is 14.5 Å². The average molecular weight is 360 g/mol. The number of hydrogen-bond acceptors (Lipinski definition) is 5. The Balaban J connectivity index is 1.57. The number of amides is 1. The lowest BCUT2D eigenvalue weighted by Crippen LogP contribution is -2.50. The smallest absolute Gasteiger partial charge is 0.237 e. The molecule has 6 heteroatoms. The number of piperidine rings is 1. The number of nitrogens with one attached hydrogen (secondary N) is 1. The fourth-order valence-corrected chi connectivity index (χ4v) is 3.55. The van der Waals surface area contributed by atoms with Crippen LogP contribution >= 0.6 is 0 Å². The number of ketones is 1. The molecule has 2 aliphatic rings. The number of ether oxygens (including phenoxy) is 2. The summed E-state index contributed by atoms with van der Waals surface area (Å²) in [5, 5.41) is 2.96. The first-order valence-electron chi connectivity index (χ1n) is 9.44. The SMILES string of the molecule is CC(C)NC(=O)C(C)N1CCC(C(=O)c2ccc3c(c2)OCCO3)CC1. The Morgan fingerprint density at radius 3 is 2.38 bits per heavy atom. The Morgan fingerprint density at radius 2 is 1.73 bits per heavy atom. The van der Waals surface area contributed by atoms with Crippen molar-refractivity contribution in [2.75, 3.05) is 26.3 Å². The topological polar surface area (TPSA) is 67.9 Å². The van der Waals surface area contributed by atoms with E-state index in [0.29, 0.717) is 30.3 Å². The van der Waals surface area contributed by atoms with Crippen LogP contribution in [-0.2, 0) is 4.79 Å². The summed E-state index contributed by atoms with van der Waals surface area (Å²) in [5.41, 5.74) is 0.679. The maximum Gasteiger partial charge on any atom is 0.237 e. The van der Waals surface area contributed by atoms with Gasteiger partial charge in [0, 0.05) is 17.5 Å². The molecule has 2 heterocycles. The van der Waals surface area contributed by atoms with Gasteiger partial charge in [-0.2, -0.15) is 0 Å². The van der Waals surface area contributed by atoms with Crippen LogP contribution in [-0.4, -0.2) is 55.0 Å². The number of carbonyl (C=O) groups excluding carboxylic acids is 2. The molecule has 0 bridgehead atoms. The second-order valence-electron chi connectivity index (χ2n) is 7.37. The van der Waals surface area contributed by atoms with Gasteiger partial charge in [0.15, 0.2) is 17.3 Å². The molecule has 0 spiro atoms. The van der Waals surface area contributed by atoms with E-state index in [2.05, 4.69) is 10.2 Å². The molecule has 1 aromatic carbocycles. The van der Waals surface area contributed by atoms with Crippen molar-refractivity contribution in [1.82, 2.24) is 10.2 Å². The van der Waals surface area contributed by atoms with Crippen molar-refractivity contribution in [2.45, 2.75) is 45.7 Å². The molecule has 0 radical (unpaired) electrons.